The number of carbonyl (C=O) groups is 1. The first-order chi connectivity index (χ1) is 18.7. The molecule has 0 heterocycles. The Balaban J connectivity index is 1.86. The Kier molecular flexibility index (Phi) is 10.2. The zero-order valence-electron chi connectivity index (χ0n) is 22.6. The lowest BCUT2D eigenvalue weighted by Gasteiger charge is -2.24. The Hall–Kier alpha value is -4.25. The third-order valence-corrected chi connectivity index (χ3v) is 7.31. The largest absolute Gasteiger partial charge is 0.493 e. The number of benzene rings is 3. The Labute approximate surface area is 229 Å². The van der Waals surface area contributed by atoms with Gasteiger partial charge in [-0.25, -0.2) is 13.8 Å². The third kappa shape index (κ3) is 7.41. The van der Waals surface area contributed by atoms with Crippen LogP contribution < -0.4 is 28.7 Å². The lowest BCUT2D eigenvalue weighted by molar-refractivity contribution is -0.119. The monoisotopic (exact) mass is 555 g/mol. The fourth-order valence-electron chi connectivity index (χ4n) is 3.63. The molecule has 3 aromatic carbocycles. The van der Waals surface area contributed by atoms with Gasteiger partial charge in [-0.2, -0.15) is 5.10 Å². The van der Waals surface area contributed by atoms with Gasteiger partial charge in [-0.3, -0.25) is 9.10 Å². The Bertz CT molecular complexity index is 1410. The van der Waals surface area contributed by atoms with Crippen LogP contribution in [0.25, 0.3) is 0 Å². The minimum absolute atomic E-state index is 0.0389. The lowest BCUT2D eigenvalue weighted by Crippen LogP contribution is -2.39. The highest BCUT2D eigenvalue weighted by Crippen LogP contribution is 2.34. The van der Waals surface area contributed by atoms with E-state index in [9.17, 15) is 13.2 Å². The molecule has 39 heavy (non-hydrogen) atoms. The van der Waals surface area contributed by atoms with Crippen LogP contribution in [-0.4, -0.2) is 54.5 Å². The van der Waals surface area contributed by atoms with Gasteiger partial charge in [0.15, 0.2) is 23.0 Å². The van der Waals surface area contributed by atoms with Crippen LogP contribution in [0.2, 0.25) is 0 Å². The van der Waals surface area contributed by atoms with E-state index in [4.69, 9.17) is 18.9 Å². The predicted octanol–water partition coefficient (Wildman–Crippen LogP) is 4.16. The summed E-state index contributed by atoms with van der Waals surface area (Å²) in [4.78, 5) is 12.9. The van der Waals surface area contributed by atoms with Crippen LogP contribution >= 0.6 is 0 Å². The number of hydrogen-bond acceptors (Lipinski definition) is 8. The molecule has 0 aromatic heterocycles. The molecular weight excluding hydrogens is 522 g/mol. The zero-order chi connectivity index (χ0) is 28.4. The molecule has 10 nitrogen and oxygen atoms in total. The van der Waals surface area contributed by atoms with Crippen molar-refractivity contribution in [2.24, 2.45) is 5.10 Å². The summed E-state index contributed by atoms with van der Waals surface area (Å²) < 4.78 is 50.0. The average Bonchev–Trinajstić information content (AvgIpc) is 2.93. The number of carbonyl (C=O) groups excluding carboxylic acids is 1. The molecule has 1 amide bonds. The second-order valence-corrected chi connectivity index (χ2v) is 10.1. The number of aryl methyl sites for hydroxylation is 1. The Morgan fingerprint density at radius 2 is 1.51 bits per heavy atom. The molecule has 0 saturated heterocycles. The third-order valence-electron chi connectivity index (χ3n) is 5.52. The van der Waals surface area contributed by atoms with Crippen molar-refractivity contribution in [3.8, 4) is 23.0 Å². The molecule has 0 radical (unpaired) electrons. The summed E-state index contributed by atoms with van der Waals surface area (Å²) in [6.07, 6.45) is 1.44. The number of hydrogen-bond donors (Lipinski definition) is 1. The van der Waals surface area contributed by atoms with Crippen molar-refractivity contribution in [1.29, 1.82) is 0 Å². The van der Waals surface area contributed by atoms with Gasteiger partial charge in [0.05, 0.1) is 44.2 Å². The van der Waals surface area contributed by atoms with Gasteiger partial charge in [0.2, 0.25) is 0 Å². The summed E-state index contributed by atoms with van der Waals surface area (Å²) >= 11 is 0. The number of rotatable bonds is 13. The standard InChI is InChI=1S/C28H33N3O7S/c1-6-37-25-14-10-21(16-27(25)38-7-2)18-29-30-28(32)19-31(22-11-15-24(35-4)26(17-22)36-5)39(33,34)23-12-8-20(3)9-13-23/h8-18H,6-7,19H2,1-5H3,(H,30,32). The van der Waals surface area contributed by atoms with Crippen molar-refractivity contribution in [2.75, 3.05) is 38.3 Å². The molecule has 11 heteroatoms. The Morgan fingerprint density at radius 3 is 2.15 bits per heavy atom. The molecule has 0 unspecified atom stereocenters. The first kappa shape index (κ1) is 29.3. The van der Waals surface area contributed by atoms with Gasteiger partial charge < -0.3 is 18.9 Å². The number of ether oxygens (including phenoxy) is 4. The van der Waals surface area contributed by atoms with Gasteiger partial charge in [-0.05, 0) is 68.8 Å². The summed E-state index contributed by atoms with van der Waals surface area (Å²) in [6.45, 7) is 6.02. The highest BCUT2D eigenvalue weighted by Gasteiger charge is 2.28. The molecule has 0 saturated carbocycles. The molecular formula is C28H33N3O7S. The summed E-state index contributed by atoms with van der Waals surface area (Å²) in [7, 11) is -1.19. The van der Waals surface area contributed by atoms with E-state index in [2.05, 4.69) is 10.5 Å². The van der Waals surface area contributed by atoms with E-state index in [1.54, 1.807) is 42.5 Å². The number of hydrazone groups is 1. The van der Waals surface area contributed by atoms with Crippen molar-refractivity contribution >= 4 is 27.8 Å². The second kappa shape index (κ2) is 13.5. The maximum atomic E-state index is 13.6. The maximum absolute atomic E-state index is 13.6. The maximum Gasteiger partial charge on any atom is 0.264 e. The summed E-state index contributed by atoms with van der Waals surface area (Å²) in [6, 6.07) is 16.2. The fourth-order valence-corrected chi connectivity index (χ4v) is 5.04. The number of nitrogens with zero attached hydrogens (tertiary/aromatic N) is 2. The number of amides is 1. The molecule has 0 atom stereocenters. The van der Waals surface area contributed by atoms with E-state index in [1.165, 1.54) is 38.6 Å². The van der Waals surface area contributed by atoms with E-state index in [0.29, 0.717) is 41.8 Å². The lowest BCUT2D eigenvalue weighted by atomic mass is 10.2. The predicted molar refractivity (Wildman–Crippen MR) is 150 cm³/mol. The molecule has 3 aromatic rings. The molecule has 0 aliphatic heterocycles. The smallest absolute Gasteiger partial charge is 0.264 e. The summed E-state index contributed by atoms with van der Waals surface area (Å²) in [5.74, 6) is 1.25. The van der Waals surface area contributed by atoms with E-state index >= 15 is 0 Å². The second-order valence-electron chi connectivity index (χ2n) is 8.23. The molecule has 0 aliphatic carbocycles. The van der Waals surface area contributed by atoms with Crippen LogP contribution in [0.1, 0.15) is 25.0 Å². The van der Waals surface area contributed by atoms with Gasteiger partial charge in [-0.15, -0.1) is 0 Å². The molecule has 3 rings (SSSR count). The van der Waals surface area contributed by atoms with Crippen molar-refractivity contribution in [3.05, 3.63) is 71.8 Å². The highest BCUT2D eigenvalue weighted by atomic mass is 32.2. The average molecular weight is 556 g/mol. The summed E-state index contributed by atoms with van der Waals surface area (Å²) in [5, 5.41) is 4.01. The number of anilines is 1. The van der Waals surface area contributed by atoms with Crippen molar-refractivity contribution in [1.82, 2.24) is 5.43 Å². The zero-order valence-corrected chi connectivity index (χ0v) is 23.4. The van der Waals surface area contributed by atoms with Gasteiger partial charge in [0.25, 0.3) is 15.9 Å². The van der Waals surface area contributed by atoms with Crippen molar-refractivity contribution < 1.29 is 32.2 Å². The van der Waals surface area contributed by atoms with Gasteiger partial charge in [0.1, 0.15) is 6.54 Å². The number of methoxy groups -OCH3 is 2. The van der Waals surface area contributed by atoms with Gasteiger partial charge in [-0.1, -0.05) is 17.7 Å². The van der Waals surface area contributed by atoms with Crippen LogP contribution in [0.4, 0.5) is 5.69 Å². The molecule has 0 fully saturated rings. The normalized spacial score (nSPS) is 11.2. The first-order valence-electron chi connectivity index (χ1n) is 12.3. The van der Waals surface area contributed by atoms with Crippen LogP contribution in [0.5, 0.6) is 23.0 Å². The first-order valence-corrected chi connectivity index (χ1v) is 13.7. The fraction of sp³-hybridized carbons (Fsp3) is 0.286. The Morgan fingerprint density at radius 1 is 0.872 bits per heavy atom. The molecule has 0 spiro atoms. The van der Waals surface area contributed by atoms with Crippen molar-refractivity contribution in [2.45, 2.75) is 25.7 Å². The van der Waals surface area contributed by atoms with Crippen molar-refractivity contribution in [3.63, 3.8) is 0 Å². The minimum Gasteiger partial charge on any atom is -0.493 e. The molecule has 1 N–H and O–H groups in total. The number of sulfonamides is 1. The molecule has 0 aliphatic rings. The topological polar surface area (TPSA) is 116 Å². The number of nitrogens with one attached hydrogen (secondary N) is 1. The van der Waals surface area contributed by atoms with Crippen LogP contribution in [0, 0.1) is 6.92 Å². The molecule has 0 bridgehead atoms. The van der Waals surface area contributed by atoms with Crippen LogP contribution in [0.15, 0.2) is 70.7 Å². The van der Waals surface area contributed by atoms with Crippen LogP contribution in [0.3, 0.4) is 0 Å². The highest BCUT2D eigenvalue weighted by molar-refractivity contribution is 7.92. The minimum atomic E-state index is -4.12. The van der Waals surface area contributed by atoms with Gasteiger partial charge >= 0.3 is 0 Å². The summed E-state index contributed by atoms with van der Waals surface area (Å²) in [5.41, 5.74) is 4.19. The van der Waals surface area contributed by atoms with Crippen LogP contribution in [-0.2, 0) is 14.8 Å². The quantitative estimate of drug-likeness (QED) is 0.249. The van der Waals surface area contributed by atoms with E-state index in [1.807, 2.05) is 20.8 Å². The van der Waals surface area contributed by atoms with Gasteiger partial charge in [0, 0.05) is 6.07 Å². The van der Waals surface area contributed by atoms with E-state index in [-0.39, 0.29) is 10.6 Å². The van der Waals surface area contributed by atoms with E-state index < -0.39 is 22.5 Å². The SMILES string of the molecule is CCOc1ccc(C=NNC(=O)CN(c2ccc(OC)c(OC)c2)S(=O)(=O)c2ccc(C)cc2)cc1OCC. The van der Waals surface area contributed by atoms with E-state index in [0.717, 1.165) is 9.87 Å². The molecule has 208 valence electrons.